The Balaban J connectivity index is 1.88. The quantitative estimate of drug-likeness (QED) is 0.396. The second kappa shape index (κ2) is 10.9. The van der Waals surface area contributed by atoms with E-state index in [-0.39, 0.29) is 5.91 Å². The van der Waals surface area contributed by atoms with Crippen molar-refractivity contribution in [3.63, 3.8) is 0 Å². The lowest BCUT2D eigenvalue weighted by Crippen LogP contribution is -2.36. The lowest BCUT2D eigenvalue weighted by Gasteiger charge is -2.14. The number of aryl methyl sites for hydroxylation is 2. The number of hydrogen-bond donors (Lipinski definition) is 2. The molecule has 0 aliphatic rings. The first kappa shape index (κ1) is 24.8. The number of carbonyl (C=O) groups excluding carboxylic acids is 1. The second-order valence-corrected chi connectivity index (χ2v) is 8.36. The van der Waals surface area contributed by atoms with Gasteiger partial charge in [-0.25, -0.2) is 4.99 Å². The van der Waals surface area contributed by atoms with E-state index in [0.29, 0.717) is 35.5 Å². The lowest BCUT2D eigenvalue weighted by atomic mass is 10.0. The number of anilines is 1. The first-order valence-corrected chi connectivity index (χ1v) is 11.2. The average Bonchev–Trinajstić information content (AvgIpc) is 3.07. The highest BCUT2D eigenvalue weighted by atomic mass is 16.5. The summed E-state index contributed by atoms with van der Waals surface area (Å²) in [5, 5.41) is 10.6. The van der Waals surface area contributed by atoms with E-state index < -0.39 is 0 Å². The summed E-state index contributed by atoms with van der Waals surface area (Å²) in [7, 11) is 5.00. The summed E-state index contributed by atoms with van der Waals surface area (Å²) in [5.74, 6) is 1.50. The first-order valence-electron chi connectivity index (χ1n) is 11.2. The molecule has 0 aliphatic carbocycles. The van der Waals surface area contributed by atoms with E-state index in [9.17, 15) is 4.79 Å². The van der Waals surface area contributed by atoms with Crippen LogP contribution in [0.15, 0.2) is 47.5 Å². The molecule has 8 heteroatoms. The normalized spacial score (nSPS) is 11.5. The number of aliphatic imine (C=N–C) groups is 1. The van der Waals surface area contributed by atoms with Crippen molar-refractivity contribution in [1.29, 1.82) is 0 Å². The molecule has 3 rings (SSSR count). The standard InChI is InChI=1S/C26H33N5O3/c1-16(2)19-8-11-21(12-9-19)28-26(27-15-22-17(3)30-31(5)18(22)4)29-25(32)20-10-13-23(33-6)24(14-20)34-7/h8-14,16H,15H2,1-7H3,(H2,27,28,29,32). The Hall–Kier alpha value is -3.81. The number of carbonyl (C=O) groups is 1. The van der Waals surface area contributed by atoms with E-state index in [0.717, 1.165) is 22.6 Å². The van der Waals surface area contributed by atoms with Crippen LogP contribution in [-0.4, -0.2) is 35.9 Å². The molecule has 0 bridgehead atoms. The molecule has 2 N–H and O–H groups in total. The smallest absolute Gasteiger partial charge is 0.258 e. The fourth-order valence-electron chi connectivity index (χ4n) is 3.56. The number of nitrogens with one attached hydrogen (secondary N) is 2. The van der Waals surface area contributed by atoms with Gasteiger partial charge in [-0.1, -0.05) is 26.0 Å². The van der Waals surface area contributed by atoms with Gasteiger partial charge in [-0.3, -0.25) is 14.8 Å². The first-order chi connectivity index (χ1) is 16.2. The SMILES string of the molecule is COc1ccc(C(=O)NC(=NCc2c(C)nn(C)c2C)Nc2ccc(C(C)C)cc2)cc1OC. The molecule has 0 atom stereocenters. The van der Waals surface area contributed by atoms with E-state index in [1.165, 1.54) is 12.7 Å². The van der Waals surface area contributed by atoms with Gasteiger partial charge >= 0.3 is 0 Å². The minimum absolute atomic E-state index is 0.314. The van der Waals surface area contributed by atoms with Crippen LogP contribution in [0.1, 0.15) is 52.6 Å². The summed E-state index contributed by atoms with van der Waals surface area (Å²) >= 11 is 0. The summed E-state index contributed by atoms with van der Waals surface area (Å²) in [5.41, 5.74) is 5.47. The maximum atomic E-state index is 13.1. The molecule has 0 radical (unpaired) electrons. The fourth-order valence-corrected chi connectivity index (χ4v) is 3.56. The van der Waals surface area contributed by atoms with Gasteiger partial charge in [0.15, 0.2) is 11.5 Å². The summed E-state index contributed by atoms with van der Waals surface area (Å²) in [6.07, 6.45) is 0. The largest absolute Gasteiger partial charge is 0.493 e. The Kier molecular flexibility index (Phi) is 7.94. The maximum Gasteiger partial charge on any atom is 0.258 e. The Morgan fingerprint density at radius 1 is 1.06 bits per heavy atom. The van der Waals surface area contributed by atoms with Crippen LogP contribution >= 0.6 is 0 Å². The van der Waals surface area contributed by atoms with Crippen LogP contribution in [0.3, 0.4) is 0 Å². The summed E-state index contributed by atoms with van der Waals surface area (Å²) in [4.78, 5) is 17.7. The number of benzene rings is 2. The van der Waals surface area contributed by atoms with Crippen molar-refractivity contribution in [1.82, 2.24) is 15.1 Å². The number of methoxy groups -OCH3 is 2. The summed E-state index contributed by atoms with van der Waals surface area (Å²) in [6, 6.07) is 13.1. The van der Waals surface area contributed by atoms with Crippen LogP contribution in [0.5, 0.6) is 11.5 Å². The summed E-state index contributed by atoms with van der Waals surface area (Å²) in [6.45, 7) is 8.64. The van der Waals surface area contributed by atoms with Crippen molar-refractivity contribution in [2.75, 3.05) is 19.5 Å². The van der Waals surface area contributed by atoms with E-state index in [1.54, 1.807) is 25.3 Å². The third kappa shape index (κ3) is 5.75. The number of nitrogens with zero attached hydrogens (tertiary/aromatic N) is 3. The molecule has 34 heavy (non-hydrogen) atoms. The zero-order valence-electron chi connectivity index (χ0n) is 20.9. The van der Waals surface area contributed by atoms with E-state index in [2.05, 4.69) is 46.7 Å². The highest BCUT2D eigenvalue weighted by Crippen LogP contribution is 2.27. The highest BCUT2D eigenvalue weighted by molar-refractivity contribution is 6.10. The topological polar surface area (TPSA) is 89.8 Å². The van der Waals surface area contributed by atoms with Gasteiger partial charge in [0, 0.05) is 29.6 Å². The minimum Gasteiger partial charge on any atom is -0.493 e. The third-order valence-corrected chi connectivity index (χ3v) is 5.77. The molecule has 180 valence electrons. The molecule has 3 aromatic rings. The number of aromatic nitrogens is 2. The van der Waals surface area contributed by atoms with Crippen molar-refractivity contribution in [3.05, 3.63) is 70.5 Å². The fraction of sp³-hybridized carbons (Fsp3) is 0.346. The molecule has 0 fully saturated rings. The number of amides is 1. The summed E-state index contributed by atoms with van der Waals surface area (Å²) < 4.78 is 12.4. The van der Waals surface area contributed by atoms with Crippen molar-refractivity contribution in [2.45, 2.75) is 40.2 Å². The van der Waals surface area contributed by atoms with Gasteiger partial charge in [0.2, 0.25) is 5.96 Å². The molecular formula is C26H33N5O3. The third-order valence-electron chi connectivity index (χ3n) is 5.77. The van der Waals surface area contributed by atoms with Crippen molar-refractivity contribution >= 4 is 17.6 Å². The molecule has 0 aliphatic heterocycles. The number of hydrogen-bond acceptors (Lipinski definition) is 5. The van der Waals surface area contributed by atoms with Gasteiger partial charge in [0.1, 0.15) is 0 Å². The zero-order chi connectivity index (χ0) is 24.8. The number of guanidine groups is 1. The van der Waals surface area contributed by atoms with Crippen molar-refractivity contribution < 1.29 is 14.3 Å². The van der Waals surface area contributed by atoms with Gasteiger partial charge in [-0.05, 0) is 55.7 Å². The Morgan fingerprint density at radius 2 is 1.74 bits per heavy atom. The van der Waals surface area contributed by atoms with E-state index in [1.807, 2.05) is 37.7 Å². The van der Waals surface area contributed by atoms with Gasteiger partial charge in [-0.15, -0.1) is 0 Å². The van der Waals surface area contributed by atoms with Crippen LogP contribution in [0.4, 0.5) is 5.69 Å². The molecular weight excluding hydrogens is 430 g/mol. The lowest BCUT2D eigenvalue weighted by molar-refractivity contribution is 0.0976. The highest BCUT2D eigenvalue weighted by Gasteiger charge is 2.15. The zero-order valence-corrected chi connectivity index (χ0v) is 20.9. The molecule has 1 amide bonds. The molecule has 2 aromatic carbocycles. The molecule has 1 aromatic heterocycles. The van der Waals surface area contributed by atoms with Crippen molar-refractivity contribution in [3.8, 4) is 11.5 Å². The van der Waals surface area contributed by atoms with Crippen LogP contribution in [0, 0.1) is 13.8 Å². The number of rotatable bonds is 7. The molecule has 0 unspecified atom stereocenters. The van der Waals surface area contributed by atoms with Crippen molar-refractivity contribution in [2.24, 2.45) is 12.0 Å². The van der Waals surface area contributed by atoms with Gasteiger partial charge in [-0.2, -0.15) is 5.10 Å². The molecule has 0 spiro atoms. The van der Waals surface area contributed by atoms with Crippen LogP contribution in [-0.2, 0) is 13.6 Å². The predicted octanol–water partition coefficient (Wildman–Crippen LogP) is 4.58. The maximum absolute atomic E-state index is 13.1. The molecule has 1 heterocycles. The second-order valence-electron chi connectivity index (χ2n) is 8.36. The number of ether oxygens (including phenoxy) is 2. The van der Waals surface area contributed by atoms with Crippen LogP contribution < -0.4 is 20.1 Å². The average molecular weight is 464 g/mol. The Bertz CT molecular complexity index is 1180. The minimum atomic E-state index is -0.314. The van der Waals surface area contributed by atoms with Gasteiger partial charge < -0.3 is 14.8 Å². The van der Waals surface area contributed by atoms with E-state index >= 15 is 0 Å². The Labute approximate surface area is 201 Å². The van der Waals surface area contributed by atoms with Gasteiger partial charge in [0.25, 0.3) is 5.91 Å². The molecule has 0 saturated carbocycles. The predicted molar refractivity (Wildman–Crippen MR) is 135 cm³/mol. The van der Waals surface area contributed by atoms with Crippen LogP contribution in [0.25, 0.3) is 0 Å². The van der Waals surface area contributed by atoms with E-state index in [4.69, 9.17) is 9.47 Å². The van der Waals surface area contributed by atoms with Gasteiger partial charge in [0.05, 0.1) is 26.5 Å². The monoisotopic (exact) mass is 463 g/mol. The molecule has 0 saturated heterocycles. The Morgan fingerprint density at radius 3 is 2.29 bits per heavy atom. The van der Waals surface area contributed by atoms with Crippen LogP contribution in [0.2, 0.25) is 0 Å². The molecule has 8 nitrogen and oxygen atoms in total.